The Morgan fingerprint density at radius 2 is 1.27 bits per heavy atom. The van der Waals surface area contributed by atoms with Crippen LogP contribution in [0.1, 0.15) is 34.6 Å². The zero-order valence-electron chi connectivity index (χ0n) is 15.4. The van der Waals surface area contributed by atoms with Gasteiger partial charge in [-0.1, -0.05) is 0 Å². The lowest BCUT2D eigenvalue weighted by atomic mass is 9.98. The highest BCUT2D eigenvalue weighted by atomic mass is 16.7. The largest absolute Gasteiger partial charge is 0.463 e. The van der Waals surface area contributed by atoms with E-state index in [0.717, 1.165) is 13.8 Å². The van der Waals surface area contributed by atoms with E-state index in [1.807, 2.05) is 0 Å². The van der Waals surface area contributed by atoms with Gasteiger partial charge in [0.25, 0.3) is 0 Å². The summed E-state index contributed by atoms with van der Waals surface area (Å²) in [5.41, 5.74) is 0. The molecule has 0 aromatic carbocycles. The first-order chi connectivity index (χ1) is 12.1. The summed E-state index contributed by atoms with van der Waals surface area (Å²) < 4.78 is 31.7. The summed E-state index contributed by atoms with van der Waals surface area (Å²) in [6, 6.07) is 0. The molecule has 0 radical (unpaired) electrons. The van der Waals surface area contributed by atoms with Gasteiger partial charge in [-0.15, -0.1) is 0 Å². The van der Waals surface area contributed by atoms with Gasteiger partial charge >= 0.3 is 23.9 Å². The van der Waals surface area contributed by atoms with Gasteiger partial charge in [-0.05, 0) is 6.92 Å². The molecule has 0 aromatic rings. The van der Waals surface area contributed by atoms with Crippen LogP contribution in [0.5, 0.6) is 0 Å². The van der Waals surface area contributed by atoms with Gasteiger partial charge in [-0.3, -0.25) is 19.2 Å². The van der Waals surface area contributed by atoms with Crippen molar-refractivity contribution in [2.45, 2.75) is 65.3 Å². The van der Waals surface area contributed by atoms with Gasteiger partial charge in [0.1, 0.15) is 12.7 Å². The molecule has 1 aliphatic rings. The van der Waals surface area contributed by atoms with E-state index >= 15 is 0 Å². The van der Waals surface area contributed by atoms with Gasteiger partial charge < -0.3 is 28.4 Å². The molecule has 1 saturated heterocycles. The van der Waals surface area contributed by atoms with Crippen molar-refractivity contribution in [3.05, 3.63) is 0 Å². The molecule has 0 spiro atoms. The molecule has 1 fully saturated rings. The number of carbonyl (C=O) groups is 4. The zero-order chi connectivity index (χ0) is 19.9. The van der Waals surface area contributed by atoms with Crippen LogP contribution in [-0.4, -0.2) is 67.8 Å². The van der Waals surface area contributed by atoms with E-state index in [9.17, 15) is 19.2 Å². The molecule has 0 unspecified atom stereocenters. The third kappa shape index (κ3) is 6.60. The predicted molar refractivity (Wildman–Crippen MR) is 83.6 cm³/mol. The molecule has 1 rings (SSSR count). The lowest BCUT2D eigenvalue weighted by Gasteiger charge is -2.43. The van der Waals surface area contributed by atoms with E-state index in [-0.39, 0.29) is 13.2 Å². The average Bonchev–Trinajstić information content (AvgIpc) is 2.50. The summed E-state index contributed by atoms with van der Waals surface area (Å²) in [5.74, 6) is -2.61. The minimum Gasteiger partial charge on any atom is -0.463 e. The molecular weight excluding hydrogens is 352 g/mol. The standard InChI is InChI=1S/C16H24O10/c1-6-21-16-15(25-11(5)20)14(24-10(4)19)13(23-9(3)18)12(26-16)7-22-8(2)17/h12-16H,6-7H2,1-5H3/t12-,13+,14+,15-,16-/m1/s1. The summed E-state index contributed by atoms with van der Waals surface area (Å²) in [4.78, 5) is 45.6. The van der Waals surface area contributed by atoms with Crippen LogP contribution < -0.4 is 0 Å². The second kappa shape index (κ2) is 10.1. The van der Waals surface area contributed by atoms with Gasteiger partial charge in [0.2, 0.25) is 0 Å². The maximum atomic E-state index is 11.5. The molecule has 10 heteroatoms. The predicted octanol–water partition coefficient (Wildman–Crippen LogP) is 0.106. The molecule has 1 aliphatic heterocycles. The first kappa shape index (κ1) is 21.8. The normalized spacial score (nSPS) is 28.0. The molecular formula is C16H24O10. The first-order valence-corrected chi connectivity index (χ1v) is 8.07. The summed E-state index contributed by atoms with van der Waals surface area (Å²) >= 11 is 0. The van der Waals surface area contributed by atoms with Crippen LogP contribution in [0.2, 0.25) is 0 Å². The SMILES string of the molecule is CCO[C@@H]1O[C@H](COC(C)=O)[C@H](OC(C)=O)[C@H](OC(C)=O)[C@H]1OC(C)=O. The number of ether oxygens (including phenoxy) is 6. The van der Waals surface area contributed by atoms with E-state index in [1.165, 1.54) is 13.8 Å². The lowest BCUT2D eigenvalue weighted by molar-refractivity contribution is -0.307. The van der Waals surface area contributed by atoms with Crippen molar-refractivity contribution >= 4 is 23.9 Å². The third-order valence-electron chi connectivity index (χ3n) is 3.28. The minimum atomic E-state index is -1.20. The fourth-order valence-corrected chi connectivity index (χ4v) is 2.49. The van der Waals surface area contributed by atoms with Crippen molar-refractivity contribution in [1.82, 2.24) is 0 Å². The van der Waals surface area contributed by atoms with E-state index in [0.29, 0.717) is 0 Å². The van der Waals surface area contributed by atoms with Crippen molar-refractivity contribution in [2.24, 2.45) is 0 Å². The van der Waals surface area contributed by atoms with Gasteiger partial charge in [0, 0.05) is 34.3 Å². The lowest BCUT2D eigenvalue weighted by Crippen LogP contribution is -2.62. The Morgan fingerprint density at radius 3 is 1.73 bits per heavy atom. The van der Waals surface area contributed by atoms with E-state index in [1.54, 1.807) is 6.92 Å². The van der Waals surface area contributed by atoms with Gasteiger partial charge in [0.15, 0.2) is 24.6 Å². The molecule has 0 amide bonds. The van der Waals surface area contributed by atoms with Gasteiger partial charge in [-0.2, -0.15) is 0 Å². The third-order valence-corrected chi connectivity index (χ3v) is 3.28. The number of rotatable bonds is 7. The van der Waals surface area contributed by atoms with E-state index in [2.05, 4.69) is 0 Å². The molecule has 10 nitrogen and oxygen atoms in total. The van der Waals surface area contributed by atoms with Crippen molar-refractivity contribution in [3.8, 4) is 0 Å². The summed E-state index contributed by atoms with van der Waals surface area (Å²) in [6.07, 6.45) is -5.65. The fourth-order valence-electron chi connectivity index (χ4n) is 2.49. The van der Waals surface area contributed by atoms with Crippen molar-refractivity contribution in [2.75, 3.05) is 13.2 Å². The van der Waals surface area contributed by atoms with Crippen LogP contribution in [0.25, 0.3) is 0 Å². The number of hydrogen-bond donors (Lipinski definition) is 0. The summed E-state index contributed by atoms with van der Waals surface area (Å²) in [5, 5.41) is 0. The highest BCUT2D eigenvalue weighted by molar-refractivity contribution is 5.68. The second-order valence-electron chi connectivity index (χ2n) is 5.52. The maximum absolute atomic E-state index is 11.5. The maximum Gasteiger partial charge on any atom is 0.303 e. The average molecular weight is 376 g/mol. The van der Waals surface area contributed by atoms with Gasteiger partial charge in [0.05, 0.1) is 0 Å². The van der Waals surface area contributed by atoms with Crippen LogP contribution in [0.4, 0.5) is 0 Å². The van der Waals surface area contributed by atoms with Crippen LogP contribution in [0.3, 0.4) is 0 Å². The van der Waals surface area contributed by atoms with Crippen molar-refractivity contribution < 1.29 is 47.6 Å². The number of esters is 4. The van der Waals surface area contributed by atoms with Crippen LogP contribution in [0.15, 0.2) is 0 Å². The number of carbonyl (C=O) groups excluding carboxylic acids is 4. The molecule has 0 bridgehead atoms. The molecule has 0 saturated carbocycles. The van der Waals surface area contributed by atoms with Crippen molar-refractivity contribution in [3.63, 3.8) is 0 Å². The Hall–Kier alpha value is -2.20. The Balaban J connectivity index is 3.22. The molecule has 1 heterocycles. The van der Waals surface area contributed by atoms with Crippen LogP contribution in [-0.2, 0) is 47.6 Å². The monoisotopic (exact) mass is 376 g/mol. The second-order valence-corrected chi connectivity index (χ2v) is 5.52. The summed E-state index contributed by atoms with van der Waals surface area (Å²) in [6.45, 7) is 6.29. The highest BCUT2D eigenvalue weighted by Crippen LogP contribution is 2.29. The van der Waals surface area contributed by atoms with E-state index in [4.69, 9.17) is 28.4 Å². The summed E-state index contributed by atoms with van der Waals surface area (Å²) in [7, 11) is 0. The fraction of sp³-hybridized carbons (Fsp3) is 0.750. The Kier molecular flexibility index (Phi) is 8.46. The molecule has 26 heavy (non-hydrogen) atoms. The number of hydrogen-bond acceptors (Lipinski definition) is 10. The Bertz CT molecular complexity index is 531. The van der Waals surface area contributed by atoms with Crippen LogP contribution in [0, 0.1) is 0 Å². The molecule has 0 aliphatic carbocycles. The van der Waals surface area contributed by atoms with Crippen LogP contribution >= 0.6 is 0 Å². The van der Waals surface area contributed by atoms with Gasteiger partial charge in [-0.25, -0.2) is 0 Å². The molecule has 148 valence electrons. The Morgan fingerprint density at radius 1 is 0.769 bits per heavy atom. The molecule has 0 aromatic heterocycles. The quantitative estimate of drug-likeness (QED) is 0.446. The minimum absolute atomic E-state index is 0.202. The molecule has 5 atom stereocenters. The smallest absolute Gasteiger partial charge is 0.303 e. The van der Waals surface area contributed by atoms with Crippen molar-refractivity contribution in [1.29, 1.82) is 0 Å². The Labute approximate surface area is 151 Å². The first-order valence-electron chi connectivity index (χ1n) is 8.07. The molecule has 0 N–H and O–H groups in total. The zero-order valence-corrected chi connectivity index (χ0v) is 15.4. The van der Waals surface area contributed by atoms with E-state index < -0.39 is 54.6 Å². The highest BCUT2D eigenvalue weighted by Gasteiger charge is 2.52. The topological polar surface area (TPSA) is 124 Å².